The van der Waals surface area contributed by atoms with Gasteiger partial charge in [0.2, 0.25) is 0 Å². The second kappa shape index (κ2) is 6.17. The number of urea groups is 1. The van der Waals surface area contributed by atoms with E-state index in [4.69, 9.17) is 5.73 Å². The molecule has 1 saturated heterocycles. The van der Waals surface area contributed by atoms with Gasteiger partial charge in [-0.15, -0.1) is 0 Å². The second-order valence-electron chi connectivity index (χ2n) is 5.13. The molecule has 110 valence electrons. The van der Waals surface area contributed by atoms with E-state index in [9.17, 15) is 13.6 Å². The Kier molecular flexibility index (Phi) is 4.54. The number of carbonyl (C=O) groups excluding carboxylic acids is 1. The van der Waals surface area contributed by atoms with Crippen LogP contribution in [0.5, 0.6) is 0 Å². The zero-order valence-corrected chi connectivity index (χ0v) is 11.4. The molecule has 4 nitrogen and oxygen atoms in total. The molecule has 2 rings (SSSR count). The van der Waals surface area contributed by atoms with Crippen LogP contribution < -0.4 is 11.1 Å². The molecule has 1 fully saturated rings. The number of nitrogens with zero attached hydrogens (tertiary/aromatic N) is 1. The van der Waals surface area contributed by atoms with Crippen LogP contribution in [0.15, 0.2) is 18.2 Å². The Labute approximate surface area is 116 Å². The number of hydrogen-bond acceptors (Lipinski definition) is 2. The monoisotopic (exact) mass is 283 g/mol. The summed E-state index contributed by atoms with van der Waals surface area (Å²) in [5.74, 6) is -1.46. The maximum atomic E-state index is 13.6. The van der Waals surface area contributed by atoms with Gasteiger partial charge < -0.3 is 16.0 Å². The number of nitrogens with one attached hydrogen (secondary N) is 1. The highest BCUT2D eigenvalue weighted by atomic mass is 19.1. The Morgan fingerprint density at radius 3 is 2.85 bits per heavy atom. The van der Waals surface area contributed by atoms with Gasteiger partial charge in [0.1, 0.15) is 11.6 Å². The fraction of sp³-hybridized carbons (Fsp3) is 0.500. The van der Waals surface area contributed by atoms with Crippen LogP contribution in [0.4, 0.5) is 19.3 Å². The summed E-state index contributed by atoms with van der Waals surface area (Å²) in [5, 5.41) is 2.49. The molecule has 0 aromatic heterocycles. The van der Waals surface area contributed by atoms with Crippen LogP contribution in [0.25, 0.3) is 0 Å². The Morgan fingerprint density at radius 1 is 1.45 bits per heavy atom. The molecule has 2 atom stereocenters. The van der Waals surface area contributed by atoms with Gasteiger partial charge >= 0.3 is 6.03 Å². The van der Waals surface area contributed by atoms with Crippen LogP contribution in [-0.4, -0.2) is 29.6 Å². The van der Waals surface area contributed by atoms with Gasteiger partial charge in [-0.25, -0.2) is 13.6 Å². The zero-order valence-electron chi connectivity index (χ0n) is 11.4. The molecule has 0 spiro atoms. The van der Waals surface area contributed by atoms with Crippen LogP contribution in [0.2, 0.25) is 0 Å². The van der Waals surface area contributed by atoms with E-state index in [1.807, 2.05) is 6.92 Å². The Hall–Kier alpha value is -1.69. The Morgan fingerprint density at radius 2 is 2.20 bits per heavy atom. The lowest BCUT2D eigenvalue weighted by Crippen LogP contribution is -2.53. The third-order valence-corrected chi connectivity index (χ3v) is 3.71. The van der Waals surface area contributed by atoms with E-state index in [1.165, 1.54) is 6.07 Å². The molecule has 0 radical (unpaired) electrons. The first kappa shape index (κ1) is 14.7. The standard InChI is InChI=1S/C14H19F2N3O/c1-9-3-2-4-11(8-17)19(9)14(20)18-13-6-5-10(15)7-12(13)16/h5-7,9,11H,2-4,8,17H2,1H3,(H,18,20). The number of piperidine rings is 1. The van der Waals surface area contributed by atoms with E-state index in [2.05, 4.69) is 5.32 Å². The topological polar surface area (TPSA) is 58.4 Å². The van der Waals surface area contributed by atoms with E-state index < -0.39 is 17.7 Å². The molecule has 0 bridgehead atoms. The largest absolute Gasteiger partial charge is 0.328 e. The van der Waals surface area contributed by atoms with Crippen molar-refractivity contribution in [2.24, 2.45) is 5.73 Å². The van der Waals surface area contributed by atoms with E-state index in [-0.39, 0.29) is 17.8 Å². The van der Waals surface area contributed by atoms with Crippen molar-refractivity contribution >= 4 is 11.7 Å². The van der Waals surface area contributed by atoms with Crippen LogP contribution in [0.1, 0.15) is 26.2 Å². The average Bonchev–Trinajstić information content (AvgIpc) is 2.41. The van der Waals surface area contributed by atoms with Crippen molar-refractivity contribution in [2.45, 2.75) is 38.3 Å². The van der Waals surface area contributed by atoms with Crippen molar-refractivity contribution in [1.29, 1.82) is 0 Å². The fourth-order valence-electron chi connectivity index (χ4n) is 2.65. The van der Waals surface area contributed by atoms with E-state index in [0.29, 0.717) is 6.54 Å². The quantitative estimate of drug-likeness (QED) is 0.876. The minimum Gasteiger partial charge on any atom is -0.328 e. The van der Waals surface area contributed by atoms with Crippen LogP contribution in [0, 0.1) is 11.6 Å². The third-order valence-electron chi connectivity index (χ3n) is 3.71. The Bertz CT molecular complexity index is 495. The molecule has 1 aromatic carbocycles. The van der Waals surface area contributed by atoms with Crippen molar-refractivity contribution in [2.75, 3.05) is 11.9 Å². The van der Waals surface area contributed by atoms with Gasteiger partial charge in [0, 0.05) is 24.7 Å². The number of nitrogens with two attached hydrogens (primary N) is 1. The van der Waals surface area contributed by atoms with Crippen LogP contribution in [-0.2, 0) is 0 Å². The van der Waals surface area contributed by atoms with Gasteiger partial charge in [-0.3, -0.25) is 0 Å². The summed E-state index contributed by atoms with van der Waals surface area (Å²) in [6.07, 6.45) is 2.77. The van der Waals surface area contributed by atoms with Gasteiger partial charge in [0.05, 0.1) is 5.69 Å². The van der Waals surface area contributed by atoms with Crippen molar-refractivity contribution in [3.05, 3.63) is 29.8 Å². The second-order valence-corrected chi connectivity index (χ2v) is 5.13. The minimum atomic E-state index is -0.785. The summed E-state index contributed by atoms with van der Waals surface area (Å²) in [5.41, 5.74) is 5.67. The number of anilines is 1. The highest BCUT2D eigenvalue weighted by Gasteiger charge is 2.31. The molecule has 1 heterocycles. The SMILES string of the molecule is CC1CCCC(CN)N1C(=O)Nc1ccc(F)cc1F. The number of likely N-dealkylation sites (tertiary alicyclic amines) is 1. The lowest BCUT2D eigenvalue weighted by atomic mass is 9.97. The first-order valence-electron chi connectivity index (χ1n) is 6.77. The van der Waals surface area contributed by atoms with Crippen LogP contribution in [0.3, 0.4) is 0 Å². The number of carbonyl (C=O) groups is 1. The first-order valence-corrected chi connectivity index (χ1v) is 6.77. The molecule has 0 aliphatic carbocycles. The third kappa shape index (κ3) is 3.07. The molecular formula is C14H19F2N3O. The molecule has 3 N–H and O–H groups in total. The minimum absolute atomic E-state index is 0.0232. The molecule has 1 aromatic rings. The molecule has 20 heavy (non-hydrogen) atoms. The summed E-state index contributed by atoms with van der Waals surface area (Å²) in [6.45, 7) is 2.33. The highest BCUT2D eigenvalue weighted by molar-refractivity contribution is 5.90. The van der Waals surface area contributed by atoms with Gasteiger partial charge in [-0.2, -0.15) is 0 Å². The molecule has 2 unspecified atom stereocenters. The van der Waals surface area contributed by atoms with Gasteiger partial charge in [0.25, 0.3) is 0 Å². The number of benzene rings is 1. The number of hydrogen-bond donors (Lipinski definition) is 2. The summed E-state index contributed by atoms with van der Waals surface area (Å²) in [6, 6.07) is 2.70. The summed E-state index contributed by atoms with van der Waals surface area (Å²) in [7, 11) is 0. The molecular weight excluding hydrogens is 264 g/mol. The summed E-state index contributed by atoms with van der Waals surface area (Å²) < 4.78 is 26.4. The normalized spacial score (nSPS) is 22.7. The van der Waals surface area contributed by atoms with Gasteiger partial charge in [-0.1, -0.05) is 0 Å². The van der Waals surface area contributed by atoms with Gasteiger partial charge in [0.15, 0.2) is 0 Å². The van der Waals surface area contributed by atoms with E-state index in [0.717, 1.165) is 31.4 Å². The first-order chi connectivity index (χ1) is 9.52. The molecule has 2 amide bonds. The lowest BCUT2D eigenvalue weighted by molar-refractivity contribution is 0.128. The summed E-state index contributed by atoms with van der Waals surface area (Å²) in [4.78, 5) is 13.9. The van der Waals surface area contributed by atoms with Crippen molar-refractivity contribution in [1.82, 2.24) is 4.90 Å². The number of halogens is 2. The lowest BCUT2D eigenvalue weighted by Gasteiger charge is -2.40. The number of rotatable bonds is 2. The Balaban J connectivity index is 2.13. The smallest absolute Gasteiger partial charge is 0.322 e. The molecule has 0 saturated carbocycles. The predicted octanol–water partition coefficient (Wildman–Crippen LogP) is 2.70. The number of amides is 2. The molecule has 6 heteroatoms. The van der Waals surface area contributed by atoms with Crippen molar-refractivity contribution in [3.8, 4) is 0 Å². The van der Waals surface area contributed by atoms with Crippen LogP contribution >= 0.6 is 0 Å². The van der Waals surface area contributed by atoms with Gasteiger partial charge in [-0.05, 0) is 38.3 Å². The summed E-state index contributed by atoms with van der Waals surface area (Å²) >= 11 is 0. The zero-order chi connectivity index (χ0) is 14.7. The van der Waals surface area contributed by atoms with E-state index >= 15 is 0 Å². The average molecular weight is 283 g/mol. The predicted molar refractivity (Wildman–Crippen MR) is 73.4 cm³/mol. The maximum Gasteiger partial charge on any atom is 0.322 e. The fourth-order valence-corrected chi connectivity index (χ4v) is 2.65. The molecule has 1 aliphatic rings. The van der Waals surface area contributed by atoms with E-state index in [1.54, 1.807) is 4.90 Å². The van der Waals surface area contributed by atoms with Crippen molar-refractivity contribution < 1.29 is 13.6 Å². The molecule has 1 aliphatic heterocycles. The van der Waals surface area contributed by atoms with Crippen molar-refractivity contribution in [3.63, 3.8) is 0 Å². The highest BCUT2D eigenvalue weighted by Crippen LogP contribution is 2.24. The maximum absolute atomic E-state index is 13.6.